The van der Waals surface area contributed by atoms with Crippen LogP contribution in [-0.4, -0.2) is 15.0 Å². The fourth-order valence-electron chi connectivity index (χ4n) is 1.70. The minimum Gasteiger partial charge on any atom is -0.249 e. The number of aromatic nitrogens is 3. The fourth-order valence-corrected chi connectivity index (χ4v) is 1.70. The number of hydrogen-bond acceptors (Lipinski definition) is 2. The van der Waals surface area contributed by atoms with E-state index in [0.29, 0.717) is 0 Å². The third kappa shape index (κ3) is 2.56. The van der Waals surface area contributed by atoms with Crippen molar-refractivity contribution in [3.8, 4) is 0 Å². The summed E-state index contributed by atoms with van der Waals surface area (Å²) in [4.78, 5) is 0. The molecule has 0 aromatic carbocycles. The molecular weight excluding hydrogens is 174 g/mol. The van der Waals surface area contributed by atoms with Crippen LogP contribution in [-0.2, 0) is 19.4 Å². The van der Waals surface area contributed by atoms with Gasteiger partial charge in [0.25, 0.3) is 0 Å². The lowest BCUT2D eigenvalue weighted by Crippen LogP contribution is -2.05. The van der Waals surface area contributed by atoms with Crippen LogP contribution >= 0.6 is 0 Å². The first kappa shape index (κ1) is 11.2. The van der Waals surface area contributed by atoms with Gasteiger partial charge in [-0.1, -0.05) is 38.8 Å². The summed E-state index contributed by atoms with van der Waals surface area (Å²) in [5.74, 6) is 0. The van der Waals surface area contributed by atoms with Gasteiger partial charge in [-0.05, 0) is 19.3 Å². The smallest absolute Gasteiger partial charge is 0.0859 e. The zero-order chi connectivity index (χ0) is 10.4. The molecule has 0 saturated heterocycles. The molecule has 1 heterocycles. The summed E-state index contributed by atoms with van der Waals surface area (Å²) in [5.41, 5.74) is 2.57. The number of hydrogen-bond donors (Lipinski definition) is 0. The van der Waals surface area contributed by atoms with Crippen LogP contribution in [0, 0.1) is 0 Å². The molecule has 80 valence electrons. The van der Waals surface area contributed by atoms with Crippen molar-refractivity contribution < 1.29 is 0 Å². The van der Waals surface area contributed by atoms with Crippen LogP contribution in [0.2, 0.25) is 0 Å². The first-order valence-electron chi connectivity index (χ1n) is 5.74. The van der Waals surface area contributed by atoms with Crippen molar-refractivity contribution in [2.45, 2.75) is 59.4 Å². The maximum atomic E-state index is 4.26. The molecule has 1 rings (SSSR count). The van der Waals surface area contributed by atoms with Crippen LogP contribution in [0.5, 0.6) is 0 Å². The first-order valence-corrected chi connectivity index (χ1v) is 5.74. The van der Waals surface area contributed by atoms with Crippen molar-refractivity contribution in [2.24, 2.45) is 0 Å². The normalized spacial score (nSPS) is 10.8. The molecule has 0 aliphatic carbocycles. The molecule has 0 radical (unpaired) electrons. The SMILES string of the molecule is CCCc1nnn(CCC)c1CCC. The van der Waals surface area contributed by atoms with E-state index >= 15 is 0 Å². The Morgan fingerprint density at radius 2 is 1.71 bits per heavy atom. The number of rotatable bonds is 6. The summed E-state index contributed by atoms with van der Waals surface area (Å²) < 4.78 is 2.08. The third-order valence-electron chi connectivity index (χ3n) is 2.33. The fraction of sp³-hybridized carbons (Fsp3) is 0.818. The van der Waals surface area contributed by atoms with Gasteiger partial charge in [-0.15, -0.1) is 5.10 Å². The summed E-state index contributed by atoms with van der Waals surface area (Å²) in [6, 6.07) is 0. The quantitative estimate of drug-likeness (QED) is 0.698. The molecule has 0 spiro atoms. The molecular formula is C11H21N3. The monoisotopic (exact) mass is 195 g/mol. The van der Waals surface area contributed by atoms with E-state index in [1.54, 1.807) is 0 Å². The van der Waals surface area contributed by atoms with Gasteiger partial charge in [-0.25, -0.2) is 4.68 Å². The van der Waals surface area contributed by atoms with Gasteiger partial charge < -0.3 is 0 Å². The van der Waals surface area contributed by atoms with Gasteiger partial charge in [0, 0.05) is 6.54 Å². The molecule has 0 N–H and O–H groups in total. The second-order valence-corrected chi connectivity index (χ2v) is 3.71. The van der Waals surface area contributed by atoms with Gasteiger partial charge in [0.05, 0.1) is 11.4 Å². The molecule has 1 aromatic heterocycles. The molecule has 0 fully saturated rings. The summed E-state index contributed by atoms with van der Waals surface area (Å²) >= 11 is 0. The minimum absolute atomic E-state index is 1.01. The molecule has 0 bridgehead atoms. The molecule has 3 nitrogen and oxygen atoms in total. The molecule has 0 unspecified atom stereocenters. The summed E-state index contributed by atoms with van der Waals surface area (Å²) in [7, 11) is 0. The highest BCUT2D eigenvalue weighted by atomic mass is 15.4. The standard InChI is InChI=1S/C11H21N3/c1-4-7-10-11(8-5-2)14(9-6-3)13-12-10/h4-9H2,1-3H3. The molecule has 0 saturated carbocycles. The Balaban J connectivity index is 2.82. The lowest BCUT2D eigenvalue weighted by Gasteiger charge is -2.04. The lowest BCUT2D eigenvalue weighted by molar-refractivity contribution is 0.552. The van der Waals surface area contributed by atoms with Crippen LogP contribution in [0.4, 0.5) is 0 Å². The maximum Gasteiger partial charge on any atom is 0.0859 e. The van der Waals surface area contributed by atoms with Gasteiger partial charge in [0.2, 0.25) is 0 Å². The summed E-state index contributed by atoms with van der Waals surface area (Å²) in [6.45, 7) is 7.58. The lowest BCUT2D eigenvalue weighted by atomic mass is 10.1. The average Bonchev–Trinajstić information content (AvgIpc) is 2.52. The van der Waals surface area contributed by atoms with Crippen molar-refractivity contribution in [3.05, 3.63) is 11.4 Å². The Hall–Kier alpha value is -0.860. The van der Waals surface area contributed by atoms with Crippen molar-refractivity contribution in [1.82, 2.24) is 15.0 Å². The predicted octanol–water partition coefficient (Wildman–Crippen LogP) is 2.59. The number of aryl methyl sites for hydroxylation is 2. The van der Waals surface area contributed by atoms with Crippen LogP contribution in [0.25, 0.3) is 0 Å². The van der Waals surface area contributed by atoms with Gasteiger partial charge in [0.15, 0.2) is 0 Å². The Morgan fingerprint density at radius 1 is 1.00 bits per heavy atom. The van der Waals surface area contributed by atoms with E-state index in [0.717, 1.165) is 32.2 Å². The van der Waals surface area contributed by atoms with Crippen LogP contribution in [0.1, 0.15) is 51.4 Å². The first-order chi connectivity index (χ1) is 6.83. The van der Waals surface area contributed by atoms with E-state index < -0.39 is 0 Å². The molecule has 14 heavy (non-hydrogen) atoms. The van der Waals surface area contributed by atoms with E-state index in [1.807, 2.05) is 0 Å². The maximum absolute atomic E-state index is 4.26. The second-order valence-electron chi connectivity index (χ2n) is 3.71. The third-order valence-corrected chi connectivity index (χ3v) is 2.33. The zero-order valence-electron chi connectivity index (χ0n) is 9.58. The molecule has 0 atom stereocenters. The predicted molar refractivity (Wildman–Crippen MR) is 58.3 cm³/mol. The molecule has 0 amide bonds. The Morgan fingerprint density at radius 3 is 2.29 bits per heavy atom. The average molecular weight is 195 g/mol. The van der Waals surface area contributed by atoms with E-state index in [1.165, 1.54) is 17.8 Å². The molecule has 3 heteroatoms. The van der Waals surface area contributed by atoms with Crippen LogP contribution in [0.3, 0.4) is 0 Å². The molecule has 0 aliphatic rings. The second kappa shape index (κ2) is 5.78. The topological polar surface area (TPSA) is 30.7 Å². The summed E-state index contributed by atoms with van der Waals surface area (Å²) in [5, 5.41) is 8.47. The van der Waals surface area contributed by atoms with Gasteiger partial charge in [-0.3, -0.25) is 0 Å². The van der Waals surface area contributed by atoms with Crippen molar-refractivity contribution in [1.29, 1.82) is 0 Å². The van der Waals surface area contributed by atoms with Crippen LogP contribution < -0.4 is 0 Å². The number of nitrogens with zero attached hydrogens (tertiary/aromatic N) is 3. The van der Waals surface area contributed by atoms with E-state index in [9.17, 15) is 0 Å². The molecule has 0 aliphatic heterocycles. The van der Waals surface area contributed by atoms with E-state index in [-0.39, 0.29) is 0 Å². The highest BCUT2D eigenvalue weighted by Crippen LogP contribution is 2.10. The zero-order valence-corrected chi connectivity index (χ0v) is 9.58. The van der Waals surface area contributed by atoms with Crippen molar-refractivity contribution in [3.63, 3.8) is 0 Å². The Bertz CT molecular complexity index is 242. The van der Waals surface area contributed by atoms with Gasteiger partial charge in [-0.2, -0.15) is 0 Å². The van der Waals surface area contributed by atoms with Crippen molar-refractivity contribution in [2.75, 3.05) is 0 Å². The Kier molecular flexibility index (Phi) is 4.63. The van der Waals surface area contributed by atoms with Gasteiger partial charge >= 0.3 is 0 Å². The van der Waals surface area contributed by atoms with E-state index in [2.05, 4.69) is 35.8 Å². The largest absolute Gasteiger partial charge is 0.249 e. The van der Waals surface area contributed by atoms with E-state index in [4.69, 9.17) is 0 Å². The highest BCUT2D eigenvalue weighted by Gasteiger charge is 2.09. The van der Waals surface area contributed by atoms with Gasteiger partial charge in [0.1, 0.15) is 0 Å². The molecule has 1 aromatic rings. The van der Waals surface area contributed by atoms with Crippen molar-refractivity contribution >= 4 is 0 Å². The highest BCUT2D eigenvalue weighted by molar-refractivity contribution is 5.10. The minimum atomic E-state index is 1.01. The Labute approximate surface area is 86.5 Å². The summed E-state index contributed by atoms with van der Waals surface area (Å²) in [6.07, 6.45) is 5.64. The van der Waals surface area contributed by atoms with Crippen LogP contribution in [0.15, 0.2) is 0 Å².